The third-order valence-electron chi connectivity index (χ3n) is 2.57. The molecular weight excluding hydrogens is 200 g/mol. The van der Waals surface area contributed by atoms with Gasteiger partial charge in [-0.25, -0.2) is 4.98 Å². The summed E-state index contributed by atoms with van der Waals surface area (Å²) < 4.78 is 0. The van der Waals surface area contributed by atoms with Crippen molar-refractivity contribution < 1.29 is 5.11 Å². The topological polar surface area (TPSA) is 46.0 Å². The highest BCUT2D eigenvalue weighted by Crippen LogP contribution is 2.31. The number of hydrogen-bond acceptors (Lipinski definition) is 3. The van der Waals surface area contributed by atoms with Crippen LogP contribution >= 0.6 is 0 Å². The van der Waals surface area contributed by atoms with E-state index in [0.29, 0.717) is 5.69 Å². The van der Waals surface area contributed by atoms with Crippen LogP contribution in [0, 0.1) is 5.41 Å². The Kier molecular flexibility index (Phi) is 2.64. The normalized spacial score (nSPS) is 14.0. The van der Waals surface area contributed by atoms with Crippen LogP contribution in [-0.4, -0.2) is 15.1 Å². The third-order valence-corrected chi connectivity index (χ3v) is 2.57. The molecule has 16 heavy (non-hydrogen) atoms. The van der Waals surface area contributed by atoms with E-state index in [2.05, 4.69) is 9.97 Å². The summed E-state index contributed by atoms with van der Waals surface area (Å²) in [5.41, 5.74) is 2.08. The van der Waals surface area contributed by atoms with Crippen molar-refractivity contribution in [3.8, 4) is 0 Å². The van der Waals surface area contributed by atoms with Gasteiger partial charge in [0.1, 0.15) is 6.10 Å². The zero-order valence-corrected chi connectivity index (χ0v) is 9.81. The van der Waals surface area contributed by atoms with Crippen LogP contribution in [0.3, 0.4) is 0 Å². The quantitative estimate of drug-likeness (QED) is 0.797. The lowest BCUT2D eigenvalue weighted by atomic mass is 9.87. The lowest BCUT2D eigenvalue weighted by Crippen LogP contribution is -2.19. The van der Waals surface area contributed by atoms with Gasteiger partial charge in [-0.05, 0) is 17.5 Å². The Morgan fingerprint density at radius 3 is 2.38 bits per heavy atom. The summed E-state index contributed by atoms with van der Waals surface area (Å²) in [6.07, 6.45) is 1.06. The van der Waals surface area contributed by atoms with Gasteiger partial charge < -0.3 is 5.11 Å². The molecule has 1 heterocycles. The number of aliphatic hydroxyl groups is 1. The summed E-state index contributed by atoms with van der Waals surface area (Å²) >= 11 is 0. The molecular formula is C13H16N2O. The second kappa shape index (κ2) is 3.83. The van der Waals surface area contributed by atoms with Crippen molar-refractivity contribution in [1.82, 2.24) is 9.97 Å². The molecule has 2 aromatic rings. The largest absolute Gasteiger partial charge is 0.386 e. The highest BCUT2D eigenvalue weighted by Gasteiger charge is 2.25. The summed E-state index contributed by atoms with van der Waals surface area (Å²) in [6, 6.07) is 7.66. The lowest BCUT2D eigenvalue weighted by Gasteiger charge is -2.25. The van der Waals surface area contributed by atoms with Gasteiger partial charge in [0.15, 0.2) is 0 Å². The first-order valence-electron chi connectivity index (χ1n) is 5.38. The minimum atomic E-state index is -0.593. The standard InChI is InChI=1S/C13H16N2O/c1-13(2,3)12(16)11-8-14-9-6-4-5-7-10(9)15-11/h4-8,12,16H,1-3H3. The number of fused-ring (bicyclic) bond motifs is 1. The van der Waals surface area contributed by atoms with Crippen LogP contribution in [-0.2, 0) is 0 Å². The van der Waals surface area contributed by atoms with E-state index >= 15 is 0 Å². The van der Waals surface area contributed by atoms with Gasteiger partial charge in [-0.1, -0.05) is 32.9 Å². The fourth-order valence-corrected chi connectivity index (χ4v) is 1.55. The Balaban J connectivity index is 2.47. The van der Waals surface area contributed by atoms with Gasteiger partial charge in [-0.2, -0.15) is 0 Å². The minimum Gasteiger partial charge on any atom is -0.386 e. The average Bonchev–Trinajstić information content (AvgIpc) is 2.26. The number of hydrogen-bond donors (Lipinski definition) is 1. The molecule has 0 bridgehead atoms. The van der Waals surface area contributed by atoms with Crippen molar-refractivity contribution in [1.29, 1.82) is 0 Å². The molecule has 0 spiro atoms. The first-order valence-corrected chi connectivity index (χ1v) is 5.38. The van der Waals surface area contributed by atoms with Crippen molar-refractivity contribution in [3.05, 3.63) is 36.2 Å². The molecule has 1 N–H and O–H groups in total. The van der Waals surface area contributed by atoms with Crippen molar-refractivity contribution in [3.63, 3.8) is 0 Å². The second-order valence-electron chi connectivity index (χ2n) is 5.05. The summed E-state index contributed by atoms with van der Waals surface area (Å²) in [6.45, 7) is 5.94. The Labute approximate surface area is 95.2 Å². The monoisotopic (exact) mass is 216 g/mol. The number of nitrogens with zero attached hydrogens (tertiary/aromatic N) is 2. The van der Waals surface area contributed by atoms with Gasteiger partial charge >= 0.3 is 0 Å². The van der Waals surface area contributed by atoms with E-state index < -0.39 is 6.10 Å². The number of para-hydroxylation sites is 2. The Morgan fingerprint density at radius 2 is 1.75 bits per heavy atom. The number of rotatable bonds is 1. The molecule has 0 amide bonds. The molecule has 84 valence electrons. The molecule has 1 atom stereocenters. The molecule has 2 rings (SSSR count). The average molecular weight is 216 g/mol. The summed E-state index contributed by atoms with van der Waals surface area (Å²) in [7, 11) is 0. The molecule has 0 aliphatic rings. The summed E-state index contributed by atoms with van der Waals surface area (Å²) in [5.74, 6) is 0. The number of benzene rings is 1. The SMILES string of the molecule is CC(C)(C)C(O)c1cnc2ccccc2n1. The van der Waals surface area contributed by atoms with E-state index in [1.54, 1.807) is 6.20 Å². The summed E-state index contributed by atoms with van der Waals surface area (Å²) in [5, 5.41) is 10.1. The van der Waals surface area contributed by atoms with Crippen molar-refractivity contribution >= 4 is 11.0 Å². The Bertz CT molecular complexity index is 503. The molecule has 1 aromatic heterocycles. The zero-order valence-electron chi connectivity index (χ0n) is 9.81. The summed E-state index contributed by atoms with van der Waals surface area (Å²) in [4.78, 5) is 8.72. The van der Waals surface area contributed by atoms with E-state index in [9.17, 15) is 5.11 Å². The fraction of sp³-hybridized carbons (Fsp3) is 0.385. The van der Waals surface area contributed by atoms with Gasteiger partial charge in [0.05, 0.1) is 22.9 Å². The van der Waals surface area contributed by atoms with Gasteiger partial charge in [-0.15, -0.1) is 0 Å². The van der Waals surface area contributed by atoms with Crippen LogP contribution in [0.4, 0.5) is 0 Å². The van der Waals surface area contributed by atoms with Crippen LogP contribution in [0.25, 0.3) is 11.0 Å². The second-order valence-corrected chi connectivity index (χ2v) is 5.05. The number of aromatic nitrogens is 2. The van der Waals surface area contributed by atoms with E-state index in [1.807, 2.05) is 45.0 Å². The predicted molar refractivity (Wildman–Crippen MR) is 64.0 cm³/mol. The van der Waals surface area contributed by atoms with Crippen LogP contribution < -0.4 is 0 Å². The molecule has 1 unspecified atom stereocenters. The molecule has 0 saturated carbocycles. The highest BCUT2D eigenvalue weighted by atomic mass is 16.3. The van der Waals surface area contributed by atoms with Crippen molar-refractivity contribution in [2.45, 2.75) is 26.9 Å². The zero-order chi connectivity index (χ0) is 11.8. The van der Waals surface area contributed by atoms with Crippen molar-refractivity contribution in [2.24, 2.45) is 5.41 Å². The van der Waals surface area contributed by atoms with Gasteiger partial charge in [0.2, 0.25) is 0 Å². The van der Waals surface area contributed by atoms with Crippen LogP contribution in [0.2, 0.25) is 0 Å². The molecule has 0 saturated heterocycles. The predicted octanol–water partition coefficient (Wildman–Crippen LogP) is 2.71. The molecule has 1 aromatic carbocycles. The first kappa shape index (κ1) is 11.0. The van der Waals surface area contributed by atoms with E-state index in [4.69, 9.17) is 0 Å². The number of aliphatic hydroxyl groups excluding tert-OH is 1. The van der Waals surface area contributed by atoms with Gasteiger partial charge in [0.25, 0.3) is 0 Å². The Morgan fingerprint density at radius 1 is 1.12 bits per heavy atom. The highest BCUT2D eigenvalue weighted by molar-refractivity contribution is 5.73. The smallest absolute Gasteiger partial charge is 0.102 e. The molecule has 0 fully saturated rings. The fourth-order valence-electron chi connectivity index (χ4n) is 1.55. The maximum absolute atomic E-state index is 10.1. The van der Waals surface area contributed by atoms with Crippen LogP contribution in [0.1, 0.15) is 32.6 Å². The van der Waals surface area contributed by atoms with E-state index in [-0.39, 0.29) is 5.41 Å². The maximum Gasteiger partial charge on any atom is 0.102 e. The molecule has 3 heteroatoms. The van der Waals surface area contributed by atoms with Gasteiger partial charge in [-0.3, -0.25) is 4.98 Å². The molecule has 0 aliphatic carbocycles. The van der Waals surface area contributed by atoms with Gasteiger partial charge in [0, 0.05) is 0 Å². The first-order chi connectivity index (χ1) is 7.48. The lowest BCUT2D eigenvalue weighted by molar-refractivity contribution is 0.0589. The minimum absolute atomic E-state index is 0.225. The van der Waals surface area contributed by atoms with E-state index in [0.717, 1.165) is 11.0 Å². The molecule has 0 aliphatic heterocycles. The third kappa shape index (κ3) is 2.04. The van der Waals surface area contributed by atoms with Crippen LogP contribution in [0.5, 0.6) is 0 Å². The molecule has 3 nitrogen and oxygen atoms in total. The van der Waals surface area contributed by atoms with E-state index in [1.165, 1.54) is 0 Å². The molecule has 0 radical (unpaired) electrons. The maximum atomic E-state index is 10.1. The van der Waals surface area contributed by atoms with Crippen LogP contribution in [0.15, 0.2) is 30.5 Å². The van der Waals surface area contributed by atoms with Crippen molar-refractivity contribution in [2.75, 3.05) is 0 Å². The Hall–Kier alpha value is -1.48.